The summed E-state index contributed by atoms with van der Waals surface area (Å²) < 4.78 is 0. The maximum atomic E-state index is 12.4. The number of nitrogens with one attached hydrogen (secondary N) is 2. The molecule has 0 heterocycles. The topological polar surface area (TPSA) is 98.7 Å². The molecule has 118 valence electrons. The van der Waals surface area contributed by atoms with Crippen molar-refractivity contribution in [3.05, 3.63) is 35.4 Å². The van der Waals surface area contributed by atoms with Crippen LogP contribution in [0.15, 0.2) is 24.3 Å². The number of carbonyl (C=O) groups excluding carboxylic acids is 3. The summed E-state index contributed by atoms with van der Waals surface area (Å²) >= 11 is 0. The quantitative estimate of drug-likeness (QED) is 0.413. The summed E-state index contributed by atoms with van der Waals surface area (Å²) in [5.41, 5.74) is 2.98. The zero-order valence-corrected chi connectivity index (χ0v) is 12.5. The molecule has 2 rings (SSSR count). The van der Waals surface area contributed by atoms with Crippen molar-refractivity contribution in [2.24, 2.45) is 0 Å². The summed E-state index contributed by atoms with van der Waals surface area (Å²) in [6.07, 6.45) is 2.34. The van der Waals surface area contributed by atoms with E-state index in [1.165, 1.54) is 38.0 Å². The molecule has 1 fully saturated rings. The van der Waals surface area contributed by atoms with Gasteiger partial charge in [-0.05, 0) is 36.5 Å². The second kappa shape index (κ2) is 6.57. The number of hydroxylamine groups is 1. The van der Waals surface area contributed by atoms with Crippen LogP contribution in [0.25, 0.3) is 0 Å². The number of carbonyl (C=O) groups is 3. The van der Waals surface area contributed by atoms with Crippen LogP contribution >= 0.6 is 0 Å². The highest BCUT2D eigenvalue weighted by molar-refractivity contribution is 6.08. The molecule has 0 aromatic heterocycles. The van der Waals surface area contributed by atoms with Gasteiger partial charge in [0.05, 0.1) is 0 Å². The van der Waals surface area contributed by atoms with E-state index in [-0.39, 0.29) is 0 Å². The average Bonchev–Trinajstić information content (AvgIpc) is 3.38. The summed E-state index contributed by atoms with van der Waals surface area (Å²) in [6.45, 7) is 0. The highest BCUT2D eigenvalue weighted by Gasteiger charge is 2.33. The fourth-order valence-corrected chi connectivity index (χ4v) is 2.30. The molecule has 3 amide bonds. The Labute approximate surface area is 128 Å². The Morgan fingerprint density at radius 1 is 1.18 bits per heavy atom. The van der Waals surface area contributed by atoms with Crippen LogP contribution in [0.1, 0.15) is 34.7 Å². The number of benzene rings is 1. The van der Waals surface area contributed by atoms with Crippen molar-refractivity contribution in [1.82, 2.24) is 15.7 Å². The van der Waals surface area contributed by atoms with Crippen LogP contribution in [-0.2, 0) is 9.59 Å². The molecule has 0 saturated heterocycles. The van der Waals surface area contributed by atoms with Gasteiger partial charge in [-0.25, -0.2) is 5.48 Å². The number of rotatable bonds is 5. The smallest absolute Gasteiger partial charge is 0.275 e. The summed E-state index contributed by atoms with van der Waals surface area (Å²) in [5.74, 6) is -1.54. The summed E-state index contributed by atoms with van der Waals surface area (Å²) in [5, 5.41) is 11.0. The van der Waals surface area contributed by atoms with E-state index < -0.39 is 23.8 Å². The molecular formula is C15H19N3O4. The lowest BCUT2D eigenvalue weighted by Crippen LogP contribution is -2.54. The molecule has 1 atom stereocenters. The number of likely N-dealkylation sites (N-methyl/N-ethyl adjacent to an activating group) is 2. The van der Waals surface area contributed by atoms with Gasteiger partial charge >= 0.3 is 0 Å². The van der Waals surface area contributed by atoms with Crippen LogP contribution in [0.3, 0.4) is 0 Å². The molecule has 1 aliphatic carbocycles. The molecular weight excluding hydrogens is 286 g/mol. The Bertz CT molecular complexity index is 565. The monoisotopic (exact) mass is 305 g/mol. The minimum absolute atomic E-state index is 0.381. The first-order valence-corrected chi connectivity index (χ1v) is 7.02. The van der Waals surface area contributed by atoms with Crippen LogP contribution in [0.2, 0.25) is 0 Å². The van der Waals surface area contributed by atoms with E-state index in [1.807, 2.05) is 12.1 Å². The Hall–Kier alpha value is -2.41. The maximum Gasteiger partial charge on any atom is 0.275 e. The first-order chi connectivity index (χ1) is 10.5. The van der Waals surface area contributed by atoms with E-state index in [0.717, 1.165) is 4.90 Å². The Kier molecular flexibility index (Phi) is 4.77. The van der Waals surface area contributed by atoms with Gasteiger partial charge in [-0.15, -0.1) is 0 Å². The van der Waals surface area contributed by atoms with Gasteiger partial charge in [0.1, 0.15) is 0 Å². The second-order valence-corrected chi connectivity index (χ2v) is 5.31. The normalized spacial score (nSPS) is 14.9. The minimum atomic E-state index is -1.44. The van der Waals surface area contributed by atoms with Gasteiger partial charge in [-0.2, -0.15) is 0 Å². The van der Waals surface area contributed by atoms with Crippen molar-refractivity contribution < 1.29 is 19.6 Å². The molecule has 0 bridgehead atoms. The summed E-state index contributed by atoms with van der Waals surface area (Å²) in [4.78, 5) is 36.8. The number of amides is 3. The first-order valence-electron chi connectivity index (χ1n) is 7.02. The van der Waals surface area contributed by atoms with E-state index in [4.69, 9.17) is 5.21 Å². The average molecular weight is 305 g/mol. The molecule has 0 spiro atoms. The minimum Gasteiger partial charge on any atom is -0.357 e. The van der Waals surface area contributed by atoms with E-state index >= 15 is 0 Å². The molecule has 22 heavy (non-hydrogen) atoms. The van der Waals surface area contributed by atoms with Gasteiger partial charge in [0.25, 0.3) is 17.7 Å². The molecule has 1 aliphatic rings. The van der Waals surface area contributed by atoms with Crippen molar-refractivity contribution >= 4 is 17.7 Å². The lowest BCUT2D eigenvalue weighted by Gasteiger charge is -2.25. The second-order valence-electron chi connectivity index (χ2n) is 5.31. The van der Waals surface area contributed by atoms with Crippen LogP contribution in [-0.4, -0.2) is 48.0 Å². The van der Waals surface area contributed by atoms with E-state index in [1.54, 1.807) is 12.1 Å². The fourth-order valence-electron chi connectivity index (χ4n) is 2.30. The van der Waals surface area contributed by atoms with E-state index in [2.05, 4.69) is 5.32 Å². The lowest BCUT2D eigenvalue weighted by atomic mass is 10.1. The van der Waals surface area contributed by atoms with Crippen molar-refractivity contribution in [2.45, 2.75) is 24.8 Å². The largest absolute Gasteiger partial charge is 0.357 e. The van der Waals surface area contributed by atoms with Crippen molar-refractivity contribution in [3.63, 3.8) is 0 Å². The Balaban J connectivity index is 2.17. The third kappa shape index (κ3) is 3.25. The maximum absolute atomic E-state index is 12.4. The Morgan fingerprint density at radius 3 is 2.23 bits per heavy atom. The molecule has 3 N–H and O–H groups in total. The first kappa shape index (κ1) is 16.0. The number of hydrogen-bond acceptors (Lipinski definition) is 4. The van der Waals surface area contributed by atoms with E-state index in [9.17, 15) is 14.4 Å². The third-order valence-corrected chi connectivity index (χ3v) is 3.77. The van der Waals surface area contributed by atoms with Crippen LogP contribution in [0.5, 0.6) is 0 Å². The molecule has 1 aromatic rings. The van der Waals surface area contributed by atoms with E-state index in [0.29, 0.717) is 11.5 Å². The highest BCUT2D eigenvalue weighted by atomic mass is 16.5. The van der Waals surface area contributed by atoms with Gasteiger partial charge in [0.15, 0.2) is 6.04 Å². The standard InChI is InChI=1S/C15H19N3O4/c1-16-13(19)12(14(20)17-22)18(2)15(21)11-7-5-10(6-8-11)9-3-4-9/h5-9,12,22H,3-4H2,1-2H3,(H,16,19)(H,17,20). The van der Waals surface area contributed by atoms with Crippen molar-refractivity contribution in [3.8, 4) is 0 Å². The predicted octanol–water partition coefficient (Wildman–Crippen LogP) is 0.256. The van der Waals surface area contributed by atoms with Crippen LogP contribution < -0.4 is 10.8 Å². The molecule has 1 aromatic carbocycles. The van der Waals surface area contributed by atoms with Crippen LogP contribution in [0, 0.1) is 0 Å². The molecule has 1 saturated carbocycles. The van der Waals surface area contributed by atoms with Crippen molar-refractivity contribution in [1.29, 1.82) is 0 Å². The van der Waals surface area contributed by atoms with Crippen molar-refractivity contribution in [2.75, 3.05) is 14.1 Å². The molecule has 7 heteroatoms. The predicted molar refractivity (Wildman–Crippen MR) is 78.3 cm³/mol. The summed E-state index contributed by atoms with van der Waals surface area (Å²) in [6, 6.07) is 5.71. The molecule has 0 aliphatic heterocycles. The fraction of sp³-hybridized carbons (Fsp3) is 0.400. The van der Waals surface area contributed by atoms with Gasteiger partial charge in [-0.1, -0.05) is 12.1 Å². The van der Waals surface area contributed by atoms with Gasteiger partial charge in [0, 0.05) is 19.7 Å². The lowest BCUT2D eigenvalue weighted by molar-refractivity contribution is -0.140. The Morgan fingerprint density at radius 2 is 1.77 bits per heavy atom. The highest BCUT2D eigenvalue weighted by Crippen LogP contribution is 2.39. The van der Waals surface area contributed by atoms with Gasteiger partial charge in [0.2, 0.25) is 0 Å². The zero-order chi connectivity index (χ0) is 16.3. The molecule has 7 nitrogen and oxygen atoms in total. The third-order valence-electron chi connectivity index (χ3n) is 3.77. The van der Waals surface area contributed by atoms with Gasteiger partial charge in [-0.3, -0.25) is 19.6 Å². The summed E-state index contributed by atoms with van der Waals surface area (Å²) in [7, 11) is 2.69. The van der Waals surface area contributed by atoms with Gasteiger partial charge < -0.3 is 10.2 Å². The number of hydrogen-bond donors (Lipinski definition) is 3. The zero-order valence-electron chi connectivity index (χ0n) is 12.5. The SMILES string of the molecule is CNC(=O)C(C(=O)NO)N(C)C(=O)c1ccc(C2CC2)cc1. The molecule has 1 unspecified atom stereocenters. The van der Waals surface area contributed by atoms with Crippen LogP contribution in [0.4, 0.5) is 0 Å². The molecule has 0 radical (unpaired) electrons. The number of nitrogens with zero attached hydrogens (tertiary/aromatic N) is 1.